The van der Waals surface area contributed by atoms with Crippen molar-refractivity contribution >= 4 is 11.9 Å². The predicted octanol–water partition coefficient (Wildman–Crippen LogP) is 0.0927. The molecule has 2 saturated heterocycles. The normalized spacial score (nSPS) is 47.7. The van der Waals surface area contributed by atoms with Crippen molar-refractivity contribution in [2.75, 3.05) is 13.2 Å². The van der Waals surface area contributed by atoms with Crippen molar-refractivity contribution in [1.29, 1.82) is 0 Å². The van der Waals surface area contributed by atoms with Gasteiger partial charge >= 0.3 is 11.9 Å². The largest absolute Gasteiger partial charge is 0.465 e. The summed E-state index contributed by atoms with van der Waals surface area (Å²) in [6.45, 7) is 8.40. The molecule has 9 atom stereocenters. The van der Waals surface area contributed by atoms with Crippen molar-refractivity contribution in [3.63, 3.8) is 0 Å². The third-order valence-corrected chi connectivity index (χ3v) is 7.81. The van der Waals surface area contributed by atoms with E-state index in [1.807, 2.05) is 13.8 Å². The molecular weight excluding hydrogens is 408 g/mol. The Kier molecular flexibility index (Phi) is 5.30. The summed E-state index contributed by atoms with van der Waals surface area (Å²) < 4.78 is 23.0. The monoisotopic (exact) mass is 440 g/mol. The molecule has 9 nitrogen and oxygen atoms in total. The van der Waals surface area contributed by atoms with Gasteiger partial charge < -0.3 is 34.3 Å². The van der Waals surface area contributed by atoms with E-state index >= 15 is 0 Å². The second-order valence-electron chi connectivity index (χ2n) is 9.98. The first-order valence-corrected chi connectivity index (χ1v) is 10.8. The van der Waals surface area contributed by atoms with E-state index in [4.69, 9.17) is 18.9 Å². The molecular formula is C22H32O9. The highest BCUT2D eigenvalue weighted by Gasteiger charge is 2.86. The molecule has 174 valence electrons. The Hall–Kier alpha value is -1.52. The summed E-state index contributed by atoms with van der Waals surface area (Å²) in [5, 5.41) is 33.6. The summed E-state index contributed by atoms with van der Waals surface area (Å²) in [4.78, 5) is 24.2. The molecule has 2 aliphatic carbocycles. The van der Waals surface area contributed by atoms with Gasteiger partial charge in [0.1, 0.15) is 36.6 Å². The van der Waals surface area contributed by atoms with Crippen molar-refractivity contribution in [1.82, 2.24) is 0 Å². The lowest BCUT2D eigenvalue weighted by molar-refractivity contribution is -0.274. The van der Waals surface area contributed by atoms with Gasteiger partial charge in [-0.25, -0.2) is 0 Å². The molecule has 2 aliphatic heterocycles. The Morgan fingerprint density at radius 1 is 1.26 bits per heavy atom. The smallest absolute Gasteiger partial charge is 0.306 e. The van der Waals surface area contributed by atoms with Gasteiger partial charge in [-0.05, 0) is 18.4 Å². The quantitative estimate of drug-likeness (QED) is 0.309. The molecule has 2 heterocycles. The fraction of sp³-hybridized carbons (Fsp3) is 0.818. The van der Waals surface area contributed by atoms with Crippen LogP contribution in [0.15, 0.2) is 11.6 Å². The maximum atomic E-state index is 12.4. The van der Waals surface area contributed by atoms with Crippen molar-refractivity contribution < 1.29 is 43.9 Å². The highest BCUT2D eigenvalue weighted by molar-refractivity contribution is 5.70. The van der Waals surface area contributed by atoms with Crippen LogP contribution in [0.1, 0.15) is 41.0 Å². The standard InChI is InChI=1S/C22H32O9/c1-10(2)6-14(24)31-16-11(3)7-13-21(18(16)27,8-28-12(4)23)20(5)17(26)15(25)19(30-13)22(20)9-29-22/h7,10,13,15-19,25-27H,6,8-9H2,1-5H3/t13-,15?,16?,17?,18?,19-,20-,21-,22+/m1/s1. The fourth-order valence-electron chi connectivity index (χ4n) is 6.04. The van der Waals surface area contributed by atoms with E-state index in [1.54, 1.807) is 19.9 Å². The highest BCUT2D eigenvalue weighted by atomic mass is 16.6. The SMILES string of the molecule is CC(=O)OC[C@]12C(O)C(OC(=O)CC(C)C)C(C)=C[C@H]1O[C@@H]1C(O)C(O)[C@@]2(C)[C@]12CO2. The van der Waals surface area contributed by atoms with E-state index in [0.29, 0.717) is 5.57 Å². The minimum atomic E-state index is -1.41. The Bertz CT molecular complexity index is 803. The molecule has 0 aromatic heterocycles. The average Bonchev–Trinajstić information content (AvgIpc) is 3.45. The molecule has 4 rings (SSSR count). The van der Waals surface area contributed by atoms with Gasteiger partial charge in [0, 0.05) is 18.8 Å². The zero-order valence-corrected chi connectivity index (χ0v) is 18.5. The number of aliphatic hydroxyl groups excluding tert-OH is 3. The van der Waals surface area contributed by atoms with Crippen LogP contribution in [0.2, 0.25) is 0 Å². The maximum absolute atomic E-state index is 12.4. The van der Waals surface area contributed by atoms with Crippen LogP contribution < -0.4 is 0 Å². The molecule has 2 bridgehead atoms. The van der Waals surface area contributed by atoms with E-state index in [-0.39, 0.29) is 25.6 Å². The molecule has 9 heteroatoms. The van der Waals surface area contributed by atoms with E-state index in [0.717, 1.165) is 0 Å². The van der Waals surface area contributed by atoms with E-state index in [1.165, 1.54) is 6.92 Å². The summed E-state index contributed by atoms with van der Waals surface area (Å²) in [6.07, 6.45) is -4.61. The first kappa shape index (κ1) is 22.7. The second-order valence-corrected chi connectivity index (χ2v) is 9.98. The molecule has 31 heavy (non-hydrogen) atoms. The van der Waals surface area contributed by atoms with Crippen LogP contribution in [0.25, 0.3) is 0 Å². The van der Waals surface area contributed by atoms with Crippen molar-refractivity contribution in [2.24, 2.45) is 16.7 Å². The number of fused-ring (bicyclic) bond motifs is 2. The number of epoxide rings is 1. The minimum Gasteiger partial charge on any atom is -0.465 e. The van der Waals surface area contributed by atoms with Gasteiger partial charge in [0.2, 0.25) is 0 Å². The number of hydrogen-bond donors (Lipinski definition) is 3. The lowest BCUT2D eigenvalue weighted by Gasteiger charge is -2.60. The van der Waals surface area contributed by atoms with Crippen molar-refractivity contribution in [2.45, 2.75) is 83.3 Å². The molecule has 0 amide bonds. The van der Waals surface area contributed by atoms with Gasteiger partial charge in [-0.1, -0.05) is 26.8 Å². The topological polar surface area (TPSA) is 135 Å². The van der Waals surface area contributed by atoms with Gasteiger partial charge in [0.25, 0.3) is 0 Å². The third-order valence-electron chi connectivity index (χ3n) is 7.81. The van der Waals surface area contributed by atoms with Crippen LogP contribution in [0.5, 0.6) is 0 Å². The molecule has 0 radical (unpaired) electrons. The van der Waals surface area contributed by atoms with Gasteiger partial charge in [0.15, 0.2) is 0 Å². The number of carbonyl (C=O) groups is 2. The van der Waals surface area contributed by atoms with E-state index in [9.17, 15) is 24.9 Å². The fourth-order valence-corrected chi connectivity index (χ4v) is 6.04. The summed E-state index contributed by atoms with van der Waals surface area (Å²) in [5.74, 6) is -0.951. The van der Waals surface area contributed by atoms with Gasteiger partial charge in [-0.2, -0.15) is 0 Å². The van der Waals surface area contributed by atoms with Crippen LogP contribution in [0, 0.1) is 16.7 Å². The number of aliphatic hydroxyl groups is 3. The molecule has 4 unspecified atom stereocenters. The van der Waals surface area contributed by atoms with Gasteiger partial charge in [-0.15, -0.1) is 0 Å². The first-order chi connectivity index (χ1) is 14.4. The van der Waals surface area contributed by atoms with E-state index in [2.05, 4.69) is 0 Å². The lowest BCUT2D eigenvalue weighted by atomic mass is 9.49. The van der Waals surface area contributed by atoms with Crippen molar-refractivity contribution in [3.05, 3.63) is 11.6 Å². The molecule has 0 aromatic rings. The van der Waals surface area contributed by atoms with Gasteiger partial charge in [-0.3, -0.25) is 9.59 Å². The minimum absolute atomic E-state index is 0.0755. The molecule has 3 fully saturated rings. The molecule has 1 spiro atoms. The Morgan fingerprint density at radius 3 is 2.45 bits per heavy atom. The van der Waals surface area contributed by atoms with Crippen LogP contribution in [-0.2, 0) is 28.5 Å². The molecule has 0 aromatic carbocycles. The Labute approximate surface area is 181 Å². The Morgan fingerprint density at radius 2 is 1.90 bits per heavy atom. The third kappa shape index (κ3) is 2.87. The number of hydrogen-bond acceptors (Lipinski definition) is 9. The van der Waals surface area contributed by atoms with Crippen LogP contribution in [0.4, 0.5) is 0 Å². The van der Waals surface area contributed by atoms with Crippen LogP contribution in [-0.4, -0.2) is 82.7 Å². The zero-order chi connectivity index (χ0) is 22.9. The number of rotatable bonds is 5. The summed E-state index contributed by atoms with van der Waals surface area (Å²) in [5.41, 5.74) is -3.09. The molecule has 3 N–H and O–H groups in total. The lowest BCUT2D eigenvalue weighted by Crippen LogP contribution is -2.73. The number of esters is 2. The molecule has 4 aliphatic rings. The zero-order valence-electron chi connectivity index (χ0n) is 18.5. The highest BCUT2D eigenvalue weighted by Crippen LogP contribution is 2.71. The first-order valence-electron chi connectivity index (χ1n) is 10.8. The Balaban J connectivity index is 1.81. The van der Waals surface area contributed by atoms with E-state index < -0.39 is 65.0 Å². The maximum Gasteiger partial charge on any atom is 0.306 e. The summed E-state index contributed by atoms with van der Waals surface area (Å²) in [6, 6.07) is 0. The van der Waals surface area contributed by atoms with Gasteiger partial charge in [0.05, 0.1) is 24.2 Å². The van der Waals surface area contributed by atoms with Crippen molar-refractivity contribution in [3.8, 4) is 0 Å². The average molecular weight is 440 g/mol. The summed E-state index contributed by atoms with van der Waals surface area (Å²) in [7, 11) is 0. The number of carbonyl (C=O) groups excluding carboxylic acids is 2. The predicted molar refractivity (Wildman–Crippen MR) is 106 cm³/mol. The number of ether oxygens (including phenoxy) is 4. The molecule has 1 saturated carbocycles. The summed E-state index contributed by atoms with van der Waals surface area (Å²) >= 11 is 0. The second kappa shape index (κ2) is 7.25. The van der Waals surface area contributed by atoms with Crippen LogP contribution >= 0.6 is 0 Å². The van der Waals surface area contributed by atoms with Crippen LogP contribution in [0.3, 0.4) is 0 Å².